The van der Waals surface area contributed by atoms with Gasteiger partial charge in [-0.15, -0.1) is 0 Å². The van der Waals surface area contributed by atoms with Crippen LogP contribution in [0, 0.1) is 0 Å². The third-order valence-electron chi connectivity index (χ3n) is 0. The second-order valence-corrected chi connectivity index (χ2v) is 0.908. The van der Waals surface area contributed by atoms with Crippen molar-refractivity contribution in [1.29, 1.82) is 0 Å². The first-order valence-corrected chi connectivity index (χ1v) is 1.20. The van der Waals surface area contributed by atoms with Crippen molar-refractivity contribution in [3.8, 4) is 0 Å². The monoisotopic (exact) mass is 92.0 g/mol. The lowest BCUT2D eigenvalue weighted by atomic mass is 10.6. The fraction of sp³-hybridized carbons (Fsp3) is 0.667. The van der Waals surface area contributed by atoms with Crippen molar-refractivity contribution in [3.63, 3.8) is 0 Å². The predicted molar refractivity (Wildman–Crippen MR) is 26.7 cm³/mol. The third-order valence-corrected chi connectivity index (χ3v) is 0. The molecule has 2 heteroatoms. The number of carbonyl (C=O) groups is 1. The van der Waals surface area contributed by atoms with E-state index in [0.717, 1.165) is 0 Å². The van der Waals surface area contributed by atoms with Gasteiger partial charge in [0.05, 0.1) is 0 Å². The third kappa shape index (κ3) is 41000. The van der Waals surface area contributed by atoms with Crippen LogP contribution in [0.4, 0.5) is 0 Å². The average Bonchev–Trinajstić information content (AvgIpc) is 0.811. The van der Waals surface area contributed by atoms with Crippen molar-refractivity contribution in [2.75, 3.05) is 0 Å². The Labute approximate surface area is 38.8 Å². The van der Waals surface area contributed by atoms with Gasteiger partial charge < -0.3 is 4.79 Å². The van der Waals surface area contributed by atoms with Gasteiger partial charge in [-0.05, 0) is 13.8 Å². The van der Waals surface area contributed by atoms with Gasteiger partial charge in [0.1, 0.15) is 5.78 Å². The van der Waals surface area contributed by atoms with Crippen LogP contribution in [0.15, 0.2) is 0 Å². The Kier molecular flexibility index (Phi) is 7.15. The molecule has 0 aromatic carbocycles. The van der Waals surface area contributed by atoms with Crippen molar-refractivity contribution >= 4 is 19.3 Å². The van der Waals surface area contributed by atoms with Crippen molar-refractivity contribution in [2.24, 2.45) is 0 Å². The summed E-state index contributed by atoms with van der Waals surface area (Å²) in [4.78, 5) is 9.44. The van der Waals surface area contributed by atoms with Gasteiger partial charge in [-0.3, -0.25) is 0 Å². The van der Waals surface area contributed by atoms with E-state index in [1.165, 1.54) is 13.8 Å². The number of ketones is 1. The minimum absolute atomic E-state index is 0. The fourth-order valence-electron chi connectivity index (χ4n) is 0. The van der Waals surface area contributed by atoms with E-state index in [-0.39, 0.29) is 19.3 Å². The molecular weight excluding hydrogens is 84.1 g/mol. The van der Waals surface area contributed by atoms with E-state index >= 15 is 0 Å². The van der Waals surface area contributed by atoms with E-state index in [9.17, 15) is 4.79 Å². The van der Waals surface area contributed by atoms with Gasteiger partial charge >= 0.3 is 0 Å². The topological polar surface area (TPSA) is 17.1 Å². The summed E-state index contributed by atoms with van der Waals surface area (Å²) in [6.45, 7) is 3.06. The van der Waals surface area contributed by atoms with Crippen LogP contribution in [0.3, 0.4) is 0 Å². The highest BCUT2D eigenvalue weighted by Crippen LogP contribution is 1.50. The summed E-state index contributed by atoms with van der Waals surface area (Å²) in [6, 6.07) is 0. The smallest absolute Gasteiger partial charge is 0.126 e. The first-order chi connectivity index (χ1) is 1.73. The summed E-state index contributed by atoms with van der Waals surface area (Å²) in [5, 5.41) is 0. The molecule has 0 aromatic rings. The first-order valence-electron chi connectivity index (χ1n) is 1.20. The Morgan fingerprint density at radius 2 is 1.40 bits per heavy atom. The molecule has 0 unspecified atom stereocenters. The molecular formula is C3H8OS. The Bertz CT molecular complexity index is 29.9. The summed E-state index contributed by atoms with van der Waals surface area (Å²) in [5.41, 5.74) is 0. The summed E-state index contributed by atoms with van der Waals surface area (Å²) in [7, 11) is 0. The Balaban J connectivity index is 0. The molecule has 0 saturated heterocycles. The minimum Gasteiger partial charge on any atom is -0.300 e. The molecule has 0 rings (SSSR count). The van der Waals surface area contributed by atoms with Crippen molar-refractivity contribution in [3.05, 3.63) is 0 Å². The van der Waals surface area contributed by atoms with Crippen LogP contribution in [0.1, 0.15) is 13.8 Å². The van der Waals surface area contributed by atoms with E-state index in [4.69, 9.17) is 0 Å². The van der Waals surface area contributed by atoms with Gasteiger partial charge in [0.25, 0.3) is 0 Å². The maximum atomic E-state index is 9.44. The van der Waals surface area contributed by atoms with Crippen LogP contribution in [-0.2, 0) is 4.79 Å². The molecule has 0 bridgehead atoms. The molecule has 1 nitrogen and oxygen atoms in total. The van der Waals surface area contributed by atoms with Gasteiger partial charge in [0.2, 0.25) is 0 Å². The zero-order valence-corrected chi connectivity index (χ0v) is 4.41. The number of Topliss-reactive ketones (excluding diaryl/α,β-unsaturated/α-hetero) is 1. The largest absolute Gasteiger partial charge is 0.300 e. The molecule has 0 heterocycles. The number of rotatable bonds is 0. The molecule has 5 heavy (non-hydrogen) atoms. The summed E-state index contributed by atoms with van der Waals surface area (Å²) >= 11 is 0. The quantitative estimate of drug-likeness (QED) is 0.430. The highest BCUT2D eigenvalue weighted by Gasteiger charge is 1.62. The van der Waals surface area contributed by atoms with Crippen LogP contribution in [0.2, 0.25) is 0 Å². The number of hydrogen-bond donors (Lipinski definition) is 0. The summed E-state index contributed by atoms with van der Waals surface area (Å²) in [5.74, 6) is 0.167. The second kappa shape index (κ2) is 4.02. The Morgan fingerprint density at radius 1 is 1.40 bits per heavy atom. The lowest BCUT2D eigenvalue weighted by Crippen LogP contribution is -1.69. The standard InChI is InChI=1S/C3H6O.H2S/c1-3(2)4;/h1-2H3;1H2. The number of carbonyl (C=O) groups excluding carboxylic acids is 1. The molecule has 0 saturated carbocycles. The second-order valence-electron chi connectivity index (χ2n) is 0.908. The van der Waals surface area contributed by atoms with E-state index < -0.39 is 0 Å². The minimum atomic E-state index is 0. The first kappa shape index (κ1) is 8.89. The maximum Gasteiger partial charge on any atom is 0.126 e. The van der Waals surface area contributed by atoms with Gasteiger partial charge in [-0.25, -0.2) is 0 Å². The van der Waals surface area contributed by atoms with Crippen LogP contribution in [-0.4, -0.2) is 5.78 Å². The molecule has 0 amide bonds. The van der Waals surface area contributed by atoms with E-state index in [2.05, 4.69) is 0 Å². The van der Waals surface area contributed by atoms with Gasteiger partial charge in [-0.2, -0.15) is 13.5 Å². The highest BCUT2D eigenvalue weighted by molar-refractivity contribution is 7.59. The lowest BCUT2D eigenvalue weighted by molar-refractivity contribution is -0.114. The van der Waals surface area contributed by atoms with Crippen LogP contribution in [0.25, 0.3) is 0 Å². The Hall–Kier alpha value is 0.0200. The van der Waals surface area contributed by atoms with Crippen LogP contribution < -0.4 is 0 Å². The zero-order valence-electron chi connectivity index (χ0n) is 3.41. The molecule has 0 aliphatic rings. The molecule has 0 radical (unpaired) electrons. The van der Waals surface area contributed by atoms with Gasteiger partial charge in [0.15, 0.2) is 0 Å². The summed E-state index contributed by atoms with van der Waals surface area (Å²) < 4.78 is 0. The molecule has 0 aromatic heterocycles. The van der Waals surface area contributed by atoms with Gasteiger partial charge in [0, 0.05) is 0 Å². The van der Waals surface area contributed by atoms with Gasteiger partial charge in [-0.1, -0.05) is 0 Å². The highest BCUT2D eigenvalue weighted by atomic mass is 32.1. The van der Waals surface area contributed by atoms with E-state index in [0.29, 0.717) is 0 Å². The van der Waals surface area contributed by atoms with Crippen molar-refractivity contribution < 1.29 is 4.79 Å². The lowest BCUT2D eigenvalue weighted by Gasteiger charge is -1.56. The number of hydrogen-bond acceptors (Lipinski definition) is 1. The maximum absolute atomic E-state index is 9.44. The molecule has 0 aliphatic heterocycles. The average molecular weight is 92.2 g/mol. The molecule has 0 N–H and O–H groups in total. The van der Waals surface area contributed by atoms with E-state index in [1.807, 2.05) is 0 Å². The van der Waals surface area contributed by atoms with Crippen LogP contribution >= 0.6 is 13.5 Å². The molecule has 0 atom stereocenters. The summed E-state index contributed by atoms with van der Waals surface area (Å²) in [6.07, 6.45) is 0. The van der Waals surface area contributed by atoms with Crippen LogP contribution in [0.5, 0.6) is 0 Å². The Morgan fingerprint density at radius 3 is 1.40 bits per heavy atom. The normalized spacial score (nSPS) is 5.20. The molecule has 0 fully saturated rings. The zero-order chi connectivity index (χ0) is 3.58. The fourth-order valence-corrected chi connectivity index (χ4v) is 0. The molecule has 0 spiro atoms. The SMILES string of the molecule is CC(C)=O.S. The predicted octanol–water partition coefficient (Wildman–Crippen LogP) is 0.708. The molecule has 0 aliphatic carbocycles. The van der Waals surface area contributed by atoms with Crippen molar-refractivity contribution in [2.45, 2.75) is 13.8 Å². The van der Waals surface area contributed by atoms with E-state index in [1.54, 1.807) is 0 Å². The van der Waals surface area contributed by atoms with Crippen molar-refractivity contribution in [1.82, 2.24) is 0 Å². The molecule has 32 valence electrons.